The van der Waals surface area contributed by atoms with E-state index >= 15 is 0 Å². The number of carbonyl (C=O) groups excluding carboxylic acids is 3. The highest BCUT2D eigenvalue weighted by atomic mass is 16.5. The number of para-hydroxylation sites is 1. The normalized spacial score (nSPS) is 34.6. The number of amides is 3. The number of anilines is 1. The van der Waals surface area contributed by atoms with Crippen LogP contribution in [0.3, 0.4) is 0 Å². The summed E-state index contributed by atoms with van der Waals surface area (Å²) in [7, 11) is 0. The molecule has 6 atom stereocenters. The van der Waals surface area contributed by atoms with Crippen LogP contribution in [0.4, 0.5) is 5.69 Å². The second-order valence-corrected chi connectivity index (χ2v) is 10.7. The molecule has 0 radical (unpaired) electrons. The third-order valence-electron chi connectivity index (χ3n) is 8.29. The minimum Gasteiger partial charge on any atom is -0.394 e. The van der Waals surface area contributed by atoms with Gasteiger partial charge in [0.2, 0.25) is 17.7 Å². The van der Waals surface area contributed by atoms with Crippen LogP contribution in [0.2, 0.25) is 0 Å². The van der Waals surface area contributed by atoms with Crippen molar-refractivity contribution in [1.82, 2.24) is 9.80 Å². The smallest absolute Gasteiger partial charge is 0.249 e. The summed E-state index contributed by atoms with van der Waals surface area (Å²) in [6.45, 7) is 8.09. The van der Waals surface area contributed by atoms with Crippen LogP contribution in [0.25, 0.3) is 0 Å². The molecule has 2 saturated heterocycles. The predicted molar refractivity (Wildman–Crippen MR) is 135 cm³/mol. The number of hydrogen-bond acceptors (Lipinski definition) is 5. The lowest BCUT2D eigenvalue weighted by atomic mass is 9.74. The molecule has 1 N–H and O–H groups in total. The van der Waals surface area contributed by atoms with Gasteiger partial charge in [0.1, 0.15) is 11.6 Å². The zero-order valence-electron chi connectivity index (χ0n) is 21.3. The van der Waals surface area contributed by atoms with Gasteiger partial charge in [0, 0.05) is 24.8 Å². The first-order chi connectivity index (χ1) is 17.2. The summed E-state index contributed by atoms with van der Waals surface area (Å²) in [5.74, 6) is -2.44. The molecule has 5 rings (SSSR count). The summed E-state index contributed by atoms with van der Waals surface area (Å²) in [5, 5.41) is 10.2. The van der Waals surface area contributed by atoms with E-state index < -0.39 is 35.1 Å². The number of likely N-dealkylation sites (tertiary alicyclic amines) is 1. The molecular formula is C28H35N3O5. The third kappa shape index (κ3) is 3.38. The van der Waals surface area contributed by atoms with Crippen LogP contribution in [-0.4, -0.2) is 81.7 Å². The van der Waals surface area contributed by atoms with Crippen LogP contribution in [-0.2, 0) is 19.1 Å². The van der Waals surface area contributed by atoms with E-state index in [2.05, 4.69) is 0 Å². The first-order valence-corrected chi connectivity index (χ1v) is 12.9. The van der Waals surface area contributed by atoms with Crippen LogP contribution in [0, 0.1) is 11.8 Å². The Kier molecular flexibility index (Phi) is 6.08. The van der Waals surface area contributed by atoms with Crippen LogP contribution < -0.4 is 4.90 Å². The van der Waals surface area contributed by atoms with Gasteiger partial charge in [-0.2, -0.15) is 0 Å². The molecule has 8 nitrogen and oxygen atoms in total. The SMILES string of the molecule is CC[C@@H](CO)N1C(=O)[C@@H]2[C@H]3C(=O)N(c4ccccc4)CC=C[C@@]3(C)O[C@@]23C=CCN(C(C)C)C(=O)C13. The second-order valence-electron chi connectivity index (χ2n) is 10.7. The van der Waals surface area contributed by atoms with E-state index in [0.29, 0.717) is 19.5 Å². The maximum atomic E-state index is 14.3. The lowest BCUT2D eigenvalue weighted by molar-refractivity contribution is -0.155. The number of aliphatic hydroxyl groups excluding tert-OH is 1. The summed E-state index contributed by atoms with van der Waals surface area (Å²) < 4.78 is 6.81. The van der Waals surface area contributed by atoms with Gasteiger partial charge in [0.25, 0.3) is 0 Å². The first-order valence-electron chi connectivity index (χ1n) is 12.9. The molecule has 3 amide bonds. The van der Waals surface area contributed by atoms with E-state index in [1.165, 1.54) is 4.90 Å². The van der Waals surface area contributed by atoms with Gasteiger partial charge in [0.15, 0.2) is 0 Å². The van der Waals surface area contributed by atoms with Crippen molar-refractivity contribution in [2.45, 2.75) is 63.4 Å². The molecular weight excluding hydrogens is 458 g/mol. The maximum Gasteiger partial charge on any atom is 0.249 e. The van der Waals surface area contributed by atoms with Crippen LogP contribution >= 0.6 is 0 Å². The Bertz CT molecular complexity index is 1110. The van der Waals surface area contributed by atoms with Crippen molar-refractivity contribution >= 4 is 23.4 Å². The van der Waals surface area contributed by atoms with Crippen molar-refractivity contribution < 1.29 is 24.2 Å². The summed E-state index contributed by atoms with van der Waals surface area (Å²) in [6.07, 6.45) is 8.00. The third-order valence-corrected chi connectivity index (χ3v) is 8.29. The first kappa shape index (κ1) is 24.7. The summed E-state index contributed by atoms with van der Waals surface area (Å²) in [6, 6.07) is 7.81. The van der Waals surface area contributed by atoms with Crippen molar-refractivity contribution in [2.24, 2.45) is 11.8 Å². The lowest BCUT2D eigenvalue weighted by Gasteiger charge is -2.40. The number of hydrogen-bond donors (Lipinski definition) is 1. The number of rotatable bonds is 5. The predicted octanol–water partition coefficient (Wildman–Crippen LogP) is 2.14. The molecule has 192 valence electrons. The van der Waals surface area contributed by atoms with Gasteiger partial charge in [0.05, 0.1) is 30.1 Å². The zero-order valence-corrected chi connectivity index (χ0v) is 21.3. The topological polar surface area (TPSA) is 90.4 Å². The van der Waals surface area contributed by atoms with Crippen molar-refractivity contribution in [3.63, 3.8) is 0 Å². The molecule has 4 aliphatic rings. The molecule has 0 aromatic heterocycles. The van der Waals surface area contributed by atoms with E-state index in [1.807, 2.05) is 82.3 Å². The summed E-state index contributed by atoms with van der Waals surface area (Å²) in [4.78, 5) is 47.5. The average molecular weight is 494 g/mol. The summed E-state index contributed by atoms with van der Waals surface area (Å²) in [5.41, 5.74) is -1.62. The van der Waals surface area contributed by atoms with Crippen molar-refractivity contribution in [1.29, 1.82) is 0 Å². The molecule has 1 aromatic carbocycles. The van der Waals surface area contributed by atoms with Gasteiger partial charge in [-0.05, 0) is 39.3 Å². The number of aliphatic hydroxyl groups is 1. The number of nitrogens with zero attached hydrogens (tertiary/aromatic N) is 3. The van der Waals surface area contributed by atoms with Gasteiger partial charge in [-0.1, -0.05) is 49.4 Å². The fourth-order valence-electron chi connectivity index (χ4n) is 6.59. The summed E-state index contributed by atoms with van der Waals surface area (Å²) >= 11 is 0. The fraction of sp³-hybridized carbons (Fsp3) is 0.536. The standard InChI is InChI=1S/C28H35N3O5/c1-5-19(17-32)31-23-26(35)29(18(2)3)15-10-14-28(23)22(25(31)34)21-24(33)30(20-11-7-6-8-12-20)16-9-13-27(21,4)36-28/h6-14,18-19,21-23,32H,5,15-17H2,1-4H3/t19-,21-,22-,23?,27+,28-/m0/s1. The minimum atomic E-state index is -1.31. The molecule has 8 heteroatoms. The van der Waals surface area contributed by atoms with Crippen LogP contribution in [0.15, 0.2) is 54.6 Å². The molecule has 2 fully saturated rings. The second kappa shape index (κ2) is 8.85. The van der Waals surface area contributed by atoms with E-state index in [1.54, 1.807) is 9.80 Å². The largest absolute Gasteiger partial charge is 0.394 e. The number of benzene rings is 1. The van der Waals surface area contributed by atoms with E-state index in [4.69, 9.17) is 4.74 Å². The molecule has 1 aromatic rings. The highest BCUT2D eigenvalue weighted by Gasteiger charge is 2.75. The Balaban J connectivity index is 1.67. The quantitative estimate of drug-likeness (QED) is 0.635. The van der Waals surface area contributed by atoms with Gasteiger partial charge < -0.3 is 24.5 Å². The zero-order chi connectivity index (χ0) is 25.8. The number of ether oxygens (including phenoxy) is 1. The van der Waals surface area contributed by atoms with E-state index in [9.17, 15) is 19.5 Å². The van der Waals surface area contributed by atoms with Gasteiger partial charge in [-0.15, -0.1) is 0 Å². The highest BCUT2D eigenvalue weighted by molar-refractivity contribution is 6.04. The molecule has 4 heterocycles. The molecule has 0 bridgehead atoms. The minimum absolute atomic E-state index is 0.0833. The number of carbonyl (C=O) groups is 3. The maximum absolute atomic E-state index is 14.3. The van der Waals surface area contributed by atoms with Crippen LogP contribution in [0.1, 0.15) is 34.1 Å². The molecule has 36 heavy (non-hydrogen) atoms. The number of fused-ring (bicyclic) bond motifs is 2. The highest BCUT2D eigenvalue weighted by Crippen LogP contribution is 2.58. The Labute approximate surface area is 212 Å². The van der Waals surface area contributed by atoms with Gasteiger partial charge in [-0.3, -0.25) is 14.4 Å². The monoisotopic (exact) mass is 493 g/mol. The van der Waals surface area contributed by atoms with Crippen LogP contribution in [0.5, 0.6) is 0 Å². The van der Waals surface area contributed by atoms with E-state index in [-0.39, 0.29) is 30.4 Å². The molecule has 0 aliphatic carbocycles. The molecule has 1 unspecified atom stereocenters. The van der Waals surface area contributed by atoms with Crippen molar-refractivity contribution in [3.8, 4) is 0 Å². The molecule has 4 aliphatic heterocycles. The lowest BCUT2D eigenvalue weighted by Crippen LogP contribution is -2.59. The van der Waals surface area contributed by atoms with Gasteiger partial charge >= 0.3 is 0 Å². The Hall–Kier alpha value is -2.97. The average Bonchev–Trinajstić information content (AvgIpc) is 3.12. The molecule has 1 spiro atoms. The molecule has 0 saturated carbocycles. The Morgan fingerprint density at radius 3 is 2.33 bits per heavy atom. The van der Waals surface area contributed by atoms with Gasteiger partial charge in [-0.25, -0.2) is 0 Å². The Morgan fingerprint density at radius 1 is 1.00 bits per heavy atom. The Morgan fingerprint density at radius 2 is 1.69 bits per heavy atom. The van der Waals surface area contributed by atoms with E-state index in [0.717, 1.165) is 5.69 Å². The van der Waals surface area contributed by atoms with Crippen molar-refractivity contribution in [2.75, 3.05) is 24.6 Å². The van der Waals surface area contributed by atoms with Crippen molar-refractivity contribution in [3.05, 3.63) is 54.6 Å². The fourth-order valence-corrected chi connectivity index (χ4v) is 6.59.